The average molecular weight is 256 g/mol. The van der Waals surface area contributed by atoms with Gasteiger partial charge in [-0.3, -0.25) is 9.69 Å². The van der Waals surface area contributed by atoms with Crippen LogP contribution in [-0.4, -0.2) is 59.1 Å². The van der Waals surface area contributed by atoms with Crippen LogP contribution in [0.1, 0.15) is 46.5 Å². The number of piperazine rings is 1. The van der Waals surface area contributed by atoms with E-state index < -0.39 is 5.97 Å². The molecule has 0 saturated carbocycles. The lowest BCUT2D eigenvalue weighted by Gasteiger charge is -2.42. The van der Waals surface area contributed by atoms with E-state index in [-0.39, 0.29) is 5.54 Å². The van der Waals surface area contributed by atoms with Crippen LogP contribution in [0.25, 0.3) is 0 Å². The molecule has 4 heteroatoms. The van der Waals surface area contributed by atoms with E-state index in [4.69, 9.17) is 5.11 Å². The Balaban J connectivity index is 2.07. The Morgan fingerprint density at radius 3 is 2.17 bits per heavy atom. The molecule has 106 valence electrons. The summed E-state index contributed by atoms with van der Waals surface area (Å²) in [5.41, 5.74) is 0.285. The number of rotatable bonds is 6. The zero-order valence-corrected chi connectivity index (χ0v) is 12.1. The molecule has 0 unspecified atom stereocenters. The molecule has 0 bridgehead atoms. The third-order valence-electron chi connectivity index (χ3n) is 3.69. The van der Waals surface area contributed by atoms with Crippen LogP contribution in [-0.2, 0) is 4.79 Å². The van der Waals surface area contributed by atoms with E-state index in [0.29, 0.717) is 6.42 Å². The maximum absolute atomic E-state index is 10.4. The van der Waals surface area contributed by atoms with Crippen LogP contribution in [0, 0.1) is 0 Å². The van der Waals surface area contributed by atoms with Crippen LogP contribution >= 0.6 is 0 Å². The first-order valence-corrected chi connectivity index (χ1v) is 7.09. The van der Waals surface area contributed by atoms with Crippen molar-refractivity contribution in [1.82, 2.24) is 9.80 Å². The molecule has 1 rings (SSSR count). The van der Waals surface area contributed by atoms with Gasteiger partial charge in [-0.25, -0.2) is 0 Å². The molecule has 0 aromatic rings. The van der Waals surface area contributed by atoms with E-state index in [0.717, 1.165) is 52.0 Å². The fourth-order valence-electron chi connectivity index (χ4n) is 2.43. The first kappa shape index (κ1) is 15.4. The maximum atomic E-state index is 10.4. The van der Waals surface area contributed by atoms with Gasteiger partial charge >= 0.3 is 5.97 Å². The predicted octanol–water partition coefficient (Wildman–Crippen LogP) is 2.05. The van der Waals surface area contributed by atoms with Crippen LogP contribution in [0.15, 0.2) is 0 Å². The number of hydrogen-bond donors (Lipinski definition) is 1. The number of nitrogens with zero attached hydrogens (tertiary/aromatic N) is 2. The molecule has 0 spiro atoms. The number of carboxylic acid groups (broad SMARTS) is 1. The van der Waals surface area contributed by atoms with E-state index in [1.807, 2.05) is 0 Å². The first-order valence-electron chi connectivity index (χ1n) is 7.09. The molecule has 0 aromatic heterocycles. The monoisotopic (exact) mass is 256 g/mol. The molecule has 4 nitrogen and oxygen atoms in total. The van der Waals surface area contributed by atoms with Crippen molar-refractivity contribution < 1.29 is 9.90 Å². The van der Waals surface area contributed by atoms with Crippen LogP contribution < -0.4 is 0 Å². The maximum Gasteiger partial charge on any atom is 0.303 e. The van der Waals surface area contributed by atoms with Gasteiger partial charge in [-0.05, 0) is 40.2 Å². The van der Waals surface area contributed by atoms with Crippen LogP contribution in [0.5, 0.6) is 0 Å². The Kier molecular flexibility index (Phi) is 6.09. The second-order valence-corrected chi connectivity index (χ2v) is 6.20. The first-order chi connectivity index (χ1) is 8.39. The molecule has 0 aliphatic carbocycles. The zero-order valence-electron chi connectivity index (χ0n) is 12.1. The summed E-state index contributed by atoms with van der Waals surface area (Å²) in [6.45, 7) is 12.5. The molecule has 0 atom stereocenters. The lowest BCUT2D eigenvalue weighted by Crippen LogP contribution is -2.53. The van der Waals surface area contributed by atoms with Gasteiger partial charge in [-0.1, -0.05) is 6.42 Å². The number of hydrogen-bond acceptors (Lipinski definition) is 3. The molecule has 0 aromatic carbocycles. The molecule has 18 heavy (non-hydrogen) atoms. The Bertz CT molecular complexity index is 253. The van der Waals surface area contributed by atoms with Crippen molar-refractivity contribution in [3.8, 4) is 0 Å². The third-order valence-corrected chi connectivity index (χ3v) is 3.69. The Hall–Kier alpha value is -0.610. The van der Waals surface area contributed by atoms with Crippen molar-refractivity contribution in [2.45, 2.75) is 52.0 Å². The number of unbranched alkanes of at least 4 members (excludes halogenated alkanes) is 2. The van der Waals surface area contributed by atoms with Crippen molar-refractivity contribution >= 4 is 5.97 Å². The van der Waals surface area contributed by atoms with Crippen molar-refractivity contribution in [3.05, 3.63) is 0 Å². The molecule has 1 fully saturated rings. The summed E-state index contributed by atoms with van der Waals surface area (Å²) in [4.78, 5) is 15.4. The number of carbonyl (C=O) groups is 1. The summed E-state index contributed by atoms with van der Waals surface area (Å²) in [6, 6.07) is 0. The van der Waals surface area contributed by atoms with Crippen molar-refractivity contribution in [2.75, 3.05) is 32.7 Å². The van der Waals surface area contributed by atoms with Gasteiger partial charge in [0.05, 0.1) is 0 Å². The van der Waals surface area contributed by atoms with Crippen molar-refractivity contribution in [1.29, 1.82) is 0 Å². The van der Waals surface area contributed by atoms with Crippen LogP contribution in [0.3, 0.4) is 0 Å². The lowest BCUT2D eigenvalue weighted by atomic mass is 10.0. The average Bonchev–Trinajstić information content (AvgIpc) is 2.27. The summed E-state index contributed by atoms with van der Waals surface area (Å²) >= 11 is 0. The van der Waals surface area contributed by atoms with Crippen molar-refractivity contribution in [2.24, 2.45) is 0 Å². The largest absolute Gasteiger partial charge is 0.481 e. The van der Waals surface area contributed by atoms with Gasteiger partial charge in [0.2, 0.25) is 0 Å². The van der Waals surface area contributed by atoms with E-state index in [2.05, 4.69) is 30.6 Å². The van der Waals surface area contributed by atoms with Crippen LogP contribution in [0.4, 0.5) is 0 Å². The molecule has 1 aliphatic rings. The molecule has 1 saturated heterocycles. The molecular formula is C14H28N2O2. The van der Waals surface area contributed by atoms with Gasteiger partial charge in [-0.15, -0.1) is 0 Å². The van der Waals surface area contributed by atoms with Gasteiger partial charge in [0.15, 0.2) is 0 Å². The Morgan fingerprint density at radius 1 is 1.06 bits per heavy atom. The normalized spacial score (nSPS) is 19.1. The summed E-state index contributed by atoms with van der Waals surface area (Å²) < 4.78 is 0. The highest BCUT2D eigenvalue weighted by molar-refractivity contribution is 5.66. The predicted molar refractivity (Wildman–Crippen MR) is 73.9 cm³/mol. The van der Waals surface area contributed by atoms with Gasteiger partial charge in [-0.2, -0.15) is 0 Å². The Labute approximate surface area is 111 Å². The lowest BCUT2D eigenvalue weighted by molar-refractivity contribution is -0.137. The third kappa shape index (κ3) is 5.83. The summed E-state index contributed by atoms with van der Waals surface area (Å²) in [6.07, 6.45) is 3.30. The number of aliphatic carboxylic acids is 1. The highest BCUT2D eigenvalue weighted by Crippen LogP contribution is 2.16. The molecule has 1 heterocycles. The topological polar surface area (TPSA) is 43.8 Å². The summed E-state index contributed by atoms with van der Waals surface area (Å²) in [7, 11) is 0. The quantitative estimate of drug-likeness (QED) is 0.739. The van der Waals surface area contributed by atoms with Gasteiger partial charge in [0.25, 0.3) is 0 Å². The van der Waals surface area contributed by atoms with Gasteiger partial charge in [0.1, 0.15) is 0 Å². The fourth-order valence-corrected chi connectivity index (χ4v) is 2.43. The van der Waals surface area contributed by atoms with Crippen molar-refractivity contribution in [3.63, 3.8) is 0 Å². The highest BCUT2D eigenvalue weighted by Gasteiger charge is 2.25. The standard InChI is InChI=1S/C14H28N2O2/c1-14(2,3)16-11-9-15(10-12-16)8-6-4-5-7-13(17)18/h4-12H2,1-3H3,(H,17,18). The molecular weight excluding hydrogens is 228 g/mol. The van der Waals surface area contributed by atoms with E-state index in [9.17, 15) is 4.79 Å². The fraction of sp³-hybridized carbons (Fsp3) is 0.929. The van der Waals surface area contributed by atoms with E-state index >= 15 is 0 Å². The van der Waals surface area contributed by atoms with Gasteiger partial charge in [0, 0.05) is 38.1 Å². The molecule has 1 N–H and O–H groups in total. The molecule has 0 radical (unpaired) electrons. The Morgan fingerprint density at radius 2 is 1.67 bits per heavy atom. The minimum absolute atomic E-state index is 0.285. The number of carboxylic acids is 1. The summed E-state index contributed by atoms with van der Waals surface area (Å²) in [5.74, 6) is -0.672. The molecule has 1 aliphatic heterocycles. The van der Waals surface area contributed by atoms with Gasteiger partial charge < -0.3 is 10.0 Å². The minimum atomic E-state index is -0.672. The second-order valence-electron chi connectivity index (χ2n) is 6.20. The summed E-state index contributed by atoms with van der Waals surface area (Å²) in [5, 5.41) is 8.55. The second kappa shape index (κ2) is 7.10. The zero-order chi connectivity index (χ0) is 13.6. The van der Waals surface area contributed by atoms with E-state index in [1.165, 1.54) is 0 Å². The molecule has 0 amide bonds. The van der Waals surface area contributed by atoms with Crippen LogP contribution in [0.2, 0.25) is 0 Å². The van der Waals surface area contributed by atoms with E-state index in [1.54, 1.807) is 0 Å². The smallest absolute Gasteiger partial charge is 0.303 e. The minimum Gasteiger partial charge on any atom is -0.481 e. The highest BCUT2D eigenvalue weighted by atomic mass is 16.4. The SMILES string of the molecule is CC(C)(C)N1CCN(CCCCCC(=O)O)CC1.